The highest BCUT2D eigenvalue weighted by atomic mass is 15.4. The summed E-state index contributed by atoms with van der Waals surface area (Å²) >= 11 is 0. The van der Waals surface area contributed by atoms with Crippen molar-refractivity contribution in [1.29, 1.82) is 0 Å². The van der Waals surface area contributed by atoms with E-state index in [1.807, 2.05) is 0 Å². The lowest BCUT2D eigenvalue weighted by Gasteiger charge is -2.24. The molecule has 2 atom stereocenters. The Kier molecular flexibility index (Phi) is 4.59. The maximum Gasteiger partial charge on any atom is 0.243 e. The Morgan fingerprint density at radius 1 is 1.25 bits per heavy atom. The van der Waals surface area contributed by atoms with Crippen LogP contribution in [0.3, 0.4) is 0 Å². The van der Waals surface area contributed by atoms with E-state index in [2.05, 4.69) is 57.9 Å². The van der Waals surface area contributed by atoms with Crippen LogP contribution >= 0.6 is 0 Å². The van der Waals surface area contributed by atoms with Crippen molar-refractivity contribution in [2.24, 2.45) is 11.8 Å². The van der Waals surface area contributed by atoms with E-state index in [-0.39, 0.29) is 0 Å². The number of anilines is 3. The van der Waals surface area contributed by atoms with Crippen molar-refractivity contribution in [3.05, 3.63) is 0 Å². The number of nitrogen functional groups attached to an aromatic ring is 1. The lowest BCUT2D eigenvalue weighted by molar-refractivity contribution is 0.624. The second-order valence-corrected chi connectivity index (χ2v) is 5.42. The van der Waals surface area contributed by atoms with Gasteiger partial charge in [-0.25, -0.2) is 5.84 Å². The zero-order valence-electron chi connectivity index (χ0n) is 12.8. The van der Waals surface area contributed by atoms with Gasteiger partial charge >= 0.3 is 0 Å². The molecule has 0 aromatic carbocycles. The van der Waals surface area contributed by atoms with Crippen molar-refractivity contribution in [2.75, 3.05) is 34.9 Å². The fraction of sp³-hybridized carbons (Fsp3) is 0.769. The van der Waals surface area contributed by atoms with Crippen LogP contribution in [0.1, 0.15) is 34.1 Å². The molecular formula is C13H25N7. The summed E-state index contributed by atoms with van der Waals surface area (Å²) in [5, 5.41) is 0. The van der Waals surface area contributed by atoms with Crippen LogP contribution < -0.4 is 21.1 Å². The van der Waals surface area contributed by atoms with Gasteiger partial charge in [0.15, 0.2) is 0 Å². The Balaban J connectivity index is 2.35. The van der Waals surface area contributed by atoms with E-state index in [0.717, 1.165) is 26.1 Å². The average molecular weight is 279 g/mol. The monoisotopic (exact) mass is 279 g/mol. The molecule has 3 N–H and O–H groups in total. The van der Waals surface area contributed by atoms with E-state index < -0.39 is 0 Å². The van der Waals surface area contributed by atoms with Crippen molar-refractivity contribution in [2.45, 2.75) is 40.2 Å². The standard InChI is InChI=1S/C13H25N7/c1-5-19(6-2)12-15-11(18-14)16-13(17-12)20-8-9(3)7-10(20)4/h9-10H,5-8,14H2,1-4H3,(H,15,16,17,18). The Morgan fingerprint density at radius 2 is 1.95 bits per heavy atom. The fourth-order valence-electron chi connectivity index (χ4n) is 2.77. The summed E-state index contributed by atoms with van der Waals surface area (Å²) < 4.78 is 0. The fourth-order valence-corrected chi connectivity index (χ4v) is 2.77. The molecule has 7 heteroatoms. The summed E-state index contributed by atoms with van der Waals surface area (Å²) in [5.74, 6) is 7.97. The lowest BCUT2D eigenvalue weighted by Crippen LogP contribution is -2.31. The zero-order chi connectivity index (χ0) is 14.7. The van der Waals surface area contributed by atoms with E-state index in [9.17, 15) is 0 Å². The molecule has 1 saturated heterocycles. The molecule has 2 rings (SSSR count). The van der Waals surface area contributed by atoms with Crippen LogP contribution in [0.15, 0.2) is 0 Å². The number of aromatic nitrogens is 3. The van der Waals surface area contributed by atoms with E-state index in [0.29, 0.717) is 29.8 Å². The maximum atomic E-state index is 5.49. The molecule has 0 aliphatic carbocycles. The summed E-state index contributed by atoms with van der Waals surface area (Å²) in [5.41, 5.74) is 2.54. The number of hydrazine groups is 1. The molecule has 0 spiro atoms. The molecule has 2 heterocycles. The van der Waals surface area contributed by atoms with Crippen molar-refractivity contribution in [3.63, 3.8) is 0 Å². The summed E-state index contributed by atoms with van der Waals surface area (Å²) in [6, 6.07) is 0.447. The van der Waals surface area contributed by atoms with Gasteiger partial charge in [-0.2, -0.15) is 15.0 Å². The smallest absolute Gasteiger partial charge is 0.243 e. The molecular weight excluding hydrogens is 254 g/mol. The zero-order valence-corrected chi connectivity index (χ0v) is 12.8. The molecule has 2 unspecified atom stereocenters. The summed E-state index contributed by atoms with van der Waals surface area (Å²) in [6.45, 7) is 11.3. The first kappa shape index (κ1) is 14.8. The molecule has 112 valence electrons. The second kappa shape index (κ2) is 6.21. The maximum absolute atomic E-state index is 5.49. The third-order valence-corrected chi connectivity index (χ3v) is 3.83. The molecule has 0 amide bonds. The Labute approximate surface area is 120 Å². The van der Waals surface area contributed by atoms with Gasteiger partial charge < -0.3 is 9.80 Å². The predicted octanol–water partition coefficient (Wildman–Crippen LogP) is 1.24. The van der Waals surface area contributed by atoms with Crippen LogP contribution in [0.2, 0.25) is 0 Å². The van der Waals surface area contributed by atoms with Gasteiger partial charge in [0.2, 0.25) is 17.8 Å². The molecule has 0 radical (unpaired) electrons. The number of nitrogens with one attached hydrogen (secondary N) is 1. The Bertz CT molecular complexity index is 446. The predicted molar refractivity (Wildman–Crippen MR) is 81.8 cm³/mol. The summed E-state index contributed by atoms with van der Waals surface area (Å²) in [7, 11) is 0. The van der Waals surface area contributed by atoms with E-state index >= 15 is 0 Å². The minimum Gasteiger partial charge on any atom is -0.341 e. The summed E-state index contributed by atoms with van der Waals surface area (Å²) in [4.78, 5) is 17.7. The molecule has 0 bridgehead atoms. The van der Waals surface area contributed by atoms with Gasteiger partial charge in [-0.1, -0.05) is 6.92 Å². The van der Waals surface area contributed by atoms with Crippen molar-refractivity contribution in [1.82, 2.24) is 15.0 Å². The minimum atomic E-state index is 0.420. The number of nitrogens with zero attached hydrogens (tertiary/aromatic N) is 5. The topological polar surface area (TPSA) is 83.2 Å². The largest absolute Gasteiger partial charge is 0.341 e. The number of rotatable bonds is 5. The average Bonchev–Trinajstić information content (AvgIpc) is 2.79. The van der Waals surface area contributed by atoms with Gasteiger partial charge in [-0.3, -0.25) is 5.43 Å². The van der Waals surface area contributed by atoms with Crippen molar-refractivity contribution in [3.8, 4) is 0 Å². The van der Waals surface area contributed by atoms with Crippen LogP contribution in [-0.2, 0) is 0 Å². The van der Waals surface area contributed by atoms with Crippen LogP contribution in [0, 0.1) is 5.92 Å². The van der Waals surface area contributed by atoms with Gasteiger partial charge in [-0.05, 0) is 33.1 Å². The molecule has 1 fully saturated rings. The van der Waals surface area contributed by atoms with E-state index in [1.165, 1.54) is 0 Å². The van der Waals surface area contributed by atoms with E-state index in [4.69, 9.17) is 5.84 Å². The van der Waals surface area contributed by atoms with Gasteiger partial charge in [-0.15, -0.1) is 0 Å². The van der Waals surface area contributed by atoms with Gasteiger partial charge in [0.1, 0.15) is 0 Å². The minimum absolute atomic E-state index is 0.420. The molecule has 1 aromatic heterocycles. The molecule has 0 saturated carbocycles. The first-order valence-electron chi connectivity index (χ1n) is 7.33. The Morgan fingerprint density at radius 3 is 2.45 bits per heavy atom. The van der Waals surface area contributed by atoms with Crippen molar-refractivity contribution < 1.29 is 0 Å². The second-order valence-electron chi connectivity index (χ2n) is 5.42. The SMILES string of the molecule is CCN(CC)c1nc(NN)nc(N2CC(C)CC2C)n1. The third kappa shape index (κ3) is 2.92. The summed E-state index contributed by atoms with van der Waals surface area (Å²) in [6.07, 6.45) is 1.16. The van der Waals surface area contributed by atoms with Crippen molar-refractivity contribution >= 4 is 17.8 Å². The van der Waals surface area contributed by atoms with Crippen LogP contribution in [-0.4, -0.2) is 40.6 Å². The van der Waals surface area contributed by atoms with Gasteiger partial charge in [0.25, 0.3) is 0 Å². The molecule has 1 aromatic rings. The molecule has 20 heavy (non-hydrogen) atoms. The Hall–Kier alpha value is -1.63. The highest BCUT2D eigenvalue weighted by Gasteiger charge is 2.29. The van der Waals surface area contributed by atoms with Crippen LogP contribution in [0.5, 0.6) is 0 Å². The molecule has 7 nitrogen and oxygen atoms in total. The lowest BCUT2D eigenvalue weighted by atomic mass is 10.1. The van der Waals surface area contributed by atoms with Crippen LogP contribution in [0.25, 0.3) is 0 Å². The first-order chi connectivity index (χ1) is 9.58. The van der Waals surface area contributed by atoms with Crippen LogP contribution in [0.4, 0.5) is 17.8 Å². The first-order valence-corrected chi connectivity index (χ1v) is 7.33. The highest BCUT2D eigenvalue weighted by Crippen LogP contribution is 2.27. The third-order valence-electron chi connectivity index (χ3n) is 3.83. The van der Waals surface area contributed by atoms with E-state index in [1.54, 1.807) is 0 Å². The van der Waals surface area contributed by atoms with Gasteiger partial charge in [0, 0.05) is 25.7 Å². The highest BCUT2D eigenvalue weighted by molar-refractivity contribution is 5.46. The molecule has 1 aliphatic heterocycles. The number of nitrogens with two attached hydrogens (primary N) is 1. The van der Waals surface area contributed by atoms with Gasteiger partial charge in [0.05, 0.1) is 0 Å². The molecule has 1 aliphatic rings. The number of hydrogen-bond donors (Lipinski definition) is 2. The number of hydrogen-bond acceptors (Lipinski definition) is 7. The normalized spacial score (nSPS) is 22.1. The quantitative estimate of drug-likeness (QED) is 0.619.